The summed E-state index contributed by atoms with van der Waals surface area (Å²) in [7, 11) is 0. The number of hydrogen-bond donors (Lipinski definition) is 4. The number of rotatable bonds is 13. The molecule has 0 radical (unpaired) electrons. The molecule has 0 unspecified atom stereocenters. The number of carbonyl (C=O) groups excluding carboxylic acids is 1. The number of phenols is 1. The number of halogens is 1. The Morgan fingerprint density at radius 3 is 2.73 bits per heavy atom. The summed E-state index contributed by atoms with van der Waals surface area (Å²) < 4.78 is 0.831. The molecule has 1 saturated carbocycles. The number of H-pyrrole nitrogens is 1. The van der Waals surface area contributed by atoms with Gasteiger partial charge in [0.2, 0.25) is 5.91 Å². The third-order valence-electron chi connectivity index (χ3n) is 7.13. The number of aromatic hydroxyl groups is 1. The van der Waals surface area contributed by atoms with E-state index in [0.717, 1.165) is 71.2 Å². The molecule has 1 fully saturated rings. The highest BCUT2D eigenvalue weighted by molar-refractivity contribution is 7.16. The number of benzene rings is 2. The van der Waals surface area contributed by atoms with E-state index in [1.54, 1.807) is 6.07 Å². The number of aromatic amines is 1. The predicted octanol–water partition coefficient (Wildman–Crippen LogP) is 4.46. The molecule has 2 aromatic carbocycles. The zero-order valence-electron chi connectivity index (χ0n) is 21.2. The second kappa shape index (κ2) is 14.0. The number of thiazole rings is 1. The number of nitrogens with one attached hydrogen (secondary N) is 3. The molecule has 0 saturated heterocycles. The van der Waals surface area contributed by atoms with Crippen LogP contribution in [0.5, 0.6) is 5.75 Å². The Bertz CT molecular complexity index is 1220. The third-order valence-corrected chi connectivity index (χ3v) is 8.32. The minimum absolute atomic E-state index is 0.0950. The lowest BCUT2D eigenvalue weighted by Gasteiger charge is -2.34. The monoisotopic (exact) mass is 544 g/mol. The van der Waals surface area contributed by atoms with Gasteiger partial charge in [-0.1, -0.05) is 60.4 Å². The summed E-state index contributed by atoms with van der Waals surface area (Å²) >= 11 is 7.19. The molecule has 0 atom stereocenters. The highest BCUT2D eigenvalue weighted by Crippen LogP contribution is 2.28. The lowest BCUT2D eigenvalue weighted by Crippen LogP contribution is -2.43. The van der Waals surface area contributed by atoms with Crippen molar-refractivity contribution in [2.45, 2.75) is 57.4 Å². The van der Waals surface area contributed by atoms with E-state index in [9.17, 15) is 14.7 Å². The molecule has 7 nitrogen and oxygen atoms in total. The van der Waals surface area contributed by atoms with Gasteiger partial charge in [-0.15, -0.1) is 0 Å². The molecular weight excluding hydrogens is 508 g/mol. The lowest BCUT2D eigenvalue weighted by atomic mass is 9.94. The molecule has 0 aliphatic heterocycles. The van der Waals surface area contributed by atoms with Crippen molar-refractivity contribution in [3.8, 4) is 5.75 Å². The van der Waals surface area contributed by atoms with Gasteiger partial charge in [0, 0.05) is 43.7 Å². The fraction of sp³-hybridized carbons (Fsp3) is 0.500. The first kappa shape index (κ1) is 27.6. The molecule has 0 spiro atoms. The van der Waals surface area contributed by atoms with Crippen molar-refractivity contribution in [2.24, 2.45) is 0 Å². The predicted molar refractivity (Wildman–Crippen MR) is 152 cm³/mol. The van der Waals surface area contributed by atoms with Crippen LogP contribution in [0.2, 0.25) is 5.02 Å². The molecule has 4 rings (SSSR count). The van der Waals surface area contributed by atoms with Crippen molar-refractivity contribution < 1.29 is 9.90 Å². The van der Waals surface area contributed by atoms with Crippen LogP contribution in [0, 0.1) is 0 Å². The highest BCUT2D eigenvalue weighted by Gasteiger charge is 2.21. The number of amides is 1. The lowest BCUT2D eigenvalue weighted by molar-refractivity contribution is -0.121. The van der Waals surface area contributed by atoms with Crippen molar-refractivity contribution in [2.75, 3.05) is 32.7 Å². The highest BCUT2D eigenvalue weighted by atomic mass is 35.5. The van der Waals surface area contributed by atoms with Crippen LogP contribution in [-0.2, 0) is 17.6 Å². The topological polar surface area (TPSA) is 97.5 Å². The normalized spacial score (nSPS) is 14.4. The Morgan fingerprint density at radius 1 is 1.08 bits per heavy atom. The Morgan fingerprint density at radius 2 is 1.92 bits per heavy atom. The zero-order chi connectivity index (χ0) is 26.0. The summed E-state index contributed by atoms with van der Waals surface area (Å²) in [5.41, 5.74) is 2.71. The molecular formula is C28H37ClN4O3S. The van der Waals surface area contributed by atoms with Crippen LogP contribution in [0.15, 0.2) is 41.2 Å². The molecule has 1 aliphatic rings. The second-order valence-corrected chi connectivity index (χ2v) is 11.2. The summed E-state index contributed by atoms with van der Waals surface area (Å²) in [6, 6.07) is 11.8. The standard InChI is InChI=1S/C28H37ClN4O3S/c29-22-6-4-5-20(19-22)11-15-31-25(35)13-17-33(23-7-2-1-3-8-23)18-16-30-14-12-21-9-10-24(34)26-27(21)37-28(36)32-26/h4-6,9-10,19,23,30,34H,1-3,7-8,11-18H2,(H,31,35)(H,32,36). The van der Waals surface area contributed by atoms with Crippen molar-refractivity contribution in [1.82, 2.24) is 20.5 Å². The van der Waals surface area contributed by atoms with Crippen LogP contribution >= 0.6 is 22.9 Å². The van der Waals surface area contributed by atoms with Crippen molar-refractivity contribution in [3.63, 3.8) is 0 Å². The first-order valence-corrected chi connectivity index (χ1v) is 14.5. The van der Waals surface area contributed by atoms with Gasteiger partial charge in [0.15, 0.2) is 0 Å². The van der Waals surface area contributed by atoms with E-state index in [1.807, 2.05) is 30.3 Å². The summed E-state index contributed by atoms with van der Waals surface area (Å²) in [5.74, 6) is 0.208. The van der Waals surface area contributed by atoms with Crippen LogP contribution < -0.4 is 15.5 Å². The largest absolute Gasteiger partial charge is 0.506 e. The maximum absolute atomic E-state index is 12.5. The average Bonchev–Trinajstić information content (AvgIpc) is 3.30. The fourth-order valence-electron chi connectivity index (χ4n) is 5.14. The van der Waals surface area contributed by atoms with Gasteiger partial charge in [-0.25, -0.2) is 0 Å². The van der Waals surface area contributed by atoms with Gasteiger partial charge in [0.25, 0.3) is 0 Å². The van der Waals surface area contributed by atoms with E-state index < -0.39 is 0 Å². The molecule has 1 heterocycles. The number of hydrogen-bond acceptors (Lipinski definition) is 6. The number of carbonyl (C=O) groups is 1. The molecule has 4 N–H and O–H groups in total. The van der Waals surface area contributed by atoms with Crippen molar-refractivity contribution >= 4 is 39.1 Å². The summed E-state index contributed by atoms with van der Waals surface area (Å²) in [5, 5.41) is 17.3. The first-order valence-electron chi connectivity index (χ1n) is 13.3. The van der Waals surface area contributed by atoms with Gasteiger partial charge in [0.1, 0.15) is 11.3 Å². The Labute approximate surface area is 227 Å². The van der Waals surface area contributed by atoms with Crippen LogP contribution in [0.25, 0.3) is 10.2 Å². The van der Waals surface area contributed by atoms with E-state index >= 15 is 0 Å². The number of fused-ring (bicyclic) bond motifs is 1. The van der Waals surface area contributed by atoms with Crippen molar-refractivity contribution in [3.05, 3.63) is 62.2 Å². The van der Waals surface area contributed by atoms with Gasteiger partial charge in [0.05, 0.1) is 4.70 Å². The van der Waals surface area contributed by atoms with Crippen LogP contribution in [0.4, 0.5) is 0 Å². The van der Waals surface area contributed by atoms with E-state index in [0.29, 0.717) is 24.5 Å². The van der Waals surface area contributed by atoms with Gasteiger partial charge in [-0.3, -0.25) is 14.5 Å². The second-order valence-electron chi connectivity index (χ2n) is 9.77. The molecule has 9 heteroatoms. The molecule has 3 aromatic rings. The molecule has 37 heavy (non-hydrogen) atoms. The average molecular weight is 545 g/mol. The van der Waals surface area contributed by atoms with Crippen LogP contribution in [0.3, 0.4) is 0 Å². The maximum Gasteiger partial charge on any atom is 0.305 e. The molecule has 200 valence electrons. The van der Waals surface area contributed by atoms with Gasteiger partial charge >= 0.3 is 4.87 Å². The minimum Gasteiger partial charge on any atom is -0.506 e. The Kier molecular flexibility index (Phi) is 10.4. The van der Waals surface area contributed by atoms with Crippen LogP contribution in [0.1, 0.15) is 49.7 Å². The number of nitrogens with zero attached hydrogens (tertiary/aromatic N) is 1. The number of aromatic nitrogens is 1. The van der Waals surface area contributed by atoms with Crippen molar-refractivity contribution in [1.29, 1.82) is 0 Å². The summed E-state index contributed by atoms with van der Waals surface area (Å²) in [4.78, 5) is 29.3. The molecule has 1 amide bonds. The minimum atomic E-state index is -0.151. The van der Waals surface area contributed by atoms with Crippen LogP contribution in [-0.4, -0.2) is 59.7 Å². The smallest absolute Gasteiger partial charge is 0.305 e. The molecule has 1 aliphatic carbocycles. The third kappa shape index (κ3) is 8.30. The Hall–Kier alpha value is -2.39. The maximum atomic E-state index is 12.5. The SMILES string of the molecule is O=C(CCN(CCNCCc1ccc(O)c2[nH]c(=O)sc12)C1CCCCC1)NCCc1cccc(Cl)c1. The molecule has 0 bridgehead atoms. The Balaban J connectivity index is 1.21. The number of phenolic OH excluding ortho intramolecular Hbond substituents is 1. The fourth-order valence-corrected chi connectivity index (χ4v) is 6.25. The van der Waals surface area contributed by atoms with E-state index in [4.69, 9.17) is 11.6 Å². The van der Waals surface area contributed by atoms with E-state index in [1.165, 1.54) is 32.1 Å². The van der Waals surface area contributed by atoms with E-state index in [-0.39, 0.29) is 16.5 Å². The van der Waals surface area contributed by atoms with E-state index in [2.05, 4.69) is 20.5 Å². The van der Waals surface area contributed by atoms with Gasteiger partial charge in [-0.2, -0.15) is 0 Å². The first-order chi connectivity index (χ1) is 18.0. The van der Waals surface area contributed by atoms with Gasteiger partial charge < -0.3 is 20.7 Å². The summed E-state index contributed by atoms with van der Waals surface area (Å²) in [6.07, 6.45) is 8.29. The van der Waals surface area contributed by atoms with Gasteiger partial charge in [-0.05, 0) is 61.6 Å². The molecule has 1 aromatic heterocycles. The zero-order valence-corrected chi connectivity index (χ0v) is 22.8. The summed E-state index contributed by atoms with van der Waals surface area (Å²) in [6.45, 7) is 3.92. The quantitative estimate of drug-likeness (QED) is 0.238.